The molecule has 0 amide bonds. The van der Waals surface area contributed by atoms with Gasteiger partial charge >= 0.3 is 0 Å². The van der Waals surface area contributed by atoms with Crippen molar-refractivity contribution in [2.24, 2.45) is 5.73 Å². The summed E-state index contributed by atoms with van der Waals surface area (Å²) in [5.74, 6) is 0. The second kappa shape index (κ2) is 4.78. The van der Waals surface area contributed by atoms with Gasteiger partial charge in [-0.15, -0.1) is 0 Å². The number of aromatic nitrogens is 1. The average Bonchev–Trinajstić information content (AvgIpc) is 2.58. The van der Waals surface area contributed by atoms with Crippen LogP contribution in [0.25, 0.3) is 0 Å². The Morgan fingerprint density at radius 1 is 1.44 bits per heavy atom. The van der Waals surface area contributed by atoms with Gasteiger partial charge in [0.15, 0.2) is 5.15 Å². The zero-order valence-electron chi connectivity index (χ0n) is 9.13. The molecule has 2 unspecified atom stereocenters. The largest absolute Gasteiger partial charge is 0.380 e. The molecule has 16 heavy (non-hydrogen) atoms. The Labute approximate surface area is 105 Å². The van der Waals surface area contributed by atoms with Crippen molar-refractivity contribution in [3.8, 4) is 0 Å². The van der Waals surface area contributed by atoms with Crippen molar-refractivity contribution >= 4 is 28.9 Å². The van der Waals surface area contributed by atoms with Crippen molar-refractivity contribution < 1.29 is 0 Å². The standard InChI is InChI=1S/C11H15Cl2N3/c1-6-4-9(12)16-11(13)10(6)15-8-3-2-7(14)5-8/h4,7-8,15H,2-3,5,14H2,1H3. The lowest BCUT2D eigenvalue weighted by atomic mass is 10.2. The van der Waals surface area contributed by atoms with Crippen molar-refractivity contribution in [1.29, 1.82) is 0 Å². The lowest BCUT2D eigenvalue weighted by molar-refractivity contribution is 0.687. The summed E-state index contributed by atoms with van der Waals surface area (Å²) in [7, 11) is 0. The summed E-state index contributed by atoms with van der Waals surface area (Å²) >= 11 is 11.9. The van der Waals surface area contributed by atoms with E-state index < -0.39 is 0 Å². The number of nitrogens with one attached hydrogen (secondary N) is 1. The van der Waals surface area contributed by atoms with Gasteiger partial charge < -0.3 is 11.1 Å². The minimum absolute atomic E-state index is 0.303. The summed E-state index contributed by atoms with van der Waals surface area (Å²) in [5.41, 5.74) is 7.77. The molecule has 88 valence electrons. The smallest absolute Gasteiger partial charge is 0.154 e. The number of hydrogen-bond donors (Lipinski definition) is 2. The predicted molar refractivity (Wildman–Crippen MR) is 68.2 cm³/mol. The SMILES string of the molecule is Cc1cc(Cl)nc(Cl)c1NC1CCC(N)C1. The lowest BCUT2D eigenvalue weighted by Gasteiger charge is -2.17. The predicted octanol–water partition coefficient (Wildman–Crippen LogP) is 2.99. The Bertz CT molecular complexity index is 372. The van der Waals surface area contributed by atoms with Gasteiger partial charge in [0.05, 0.1) is 5.69 Å². The molecule has 0 aromatic carbocycles. The van der Waals surface area contributed by atoms with Gasteiger partial charge in [0.25, 0.3) is 0 Å². The van der Waals surface area contributed by atoms with Crippen LogP contribution in [0.15, 0.2) is 6.07 Å². The van der Waals surface area contributed by atoms with Gasteiger partial charge in [-0.05, 0) is 37.8 Å². The molecule has 1 fully saturated rings. The molecule has 1 aromatic rings. The first kappa shape index (κ1) is 12.0. The zero-order chi connectivity index (χ0) is 11.7. The molecule has 1 heterocycles. The number of anilines is 1. The van der Waals surface area contributed by atoms with Crippen LogP contribution in [-0.4, -0.2) is 17.1 Å². The molecule has 1 aliphatic rings. The normalized spacial score (nSPS) is 24.8. The van der Waals surface area contributed by atoms with Gasteiger partial charge in [-0.2, -0.15) is 0 Å². The van der Waals surface area contributed by atoms with Gasteiger partial charge in [0, 0.05) is 12.1 Å². The molecule has 1 aliphatic carbocycles. The summed E-state index contributed by atoms with van der Waals surface area (Å²) in [6.45, 7) is 1.97. The maximum absolute atomic E-state index is 6.06. The third-order valence-electron chi connectivity index (χ3n) is 2.96. The summed E-state index contributed by atoms with van der Waals surface area (Å²) in [6, 6.07) is 2.51. The van der Waals surface area contributed by atoms with E-state index in [1.54, 1.807) is 0 Å². The van der Waals surface area contributed by atoms with Crippen LogP contribution >= 0.6 is 23.2 Å². The number of nitrogens with two attached hydrogens (primary N) is 1. The monoisotopic (exact) mass is 259 g/mol. The zero-order valence-corrected chi connectivity index (χ0v) is 10.6. The molecule has 1 saturated carbocycles. The second-order valence-corrected chi connectivity index (χ2v) is 5.09. The molecule has 3 nitrogen and oxygen atoms in total. The average molecular weight is 260 g/mol. The van der Waals surface area contributed by atoms with E-state index in [4.69, 9.17) is 28.9 Å². The fourth-order valence-electron chi connectivity index (χ4n) is 2.12. The van der Waals surface area contributed by atoms with E-state index in [0.717, 1.165) is 30.5 Å². The van der Waals surface area contributed by atoms with Crippen LogP contribution < -0.4 is 11.1 Å². The summed E-state index contributed by atoms with van der Waals surface area (Å²) in [4.78, 5) is 4.03. The fourth-order valence-corrected chi connectivity index (χ4v) is 2.71. The molecule has 5 heteroatoms. The molecule has 0 spiro atoms. The van der Waals surface area contributed by atoms with Gasteiger partial charge in [0.2, 0.25) is 0 Å². The number of hydrogen-bond acceptors (Lipinski definition) is 3. The maximum Gasteiger partial charge on any atom is 0.154 e. The van der Waals surface area contributed by atoms with Crippen LogP contribution in [0.4, 0.5) is 5.69 Å². The van der Waals surface area contributed by atoms with Crippen molar-refractivity contribution in [3.63, 3.8) is 0 Å². The highest BCUT2D eigenvalue weighted by Crippen LogP contribution is 2.30. The fraction of sp³-hybridized carbons (Fsp3) is 0.545. The van der Waals surface area contributed by atoms with Gasteiger partial charge in [-0.1, -0.05) is 23.2 Å². The minimum atomic E-state index is 0.303. The first-order chi connectivity index (χ1) is 7.56. The molecule has 0 bridgehead atoms. The Morgan fingerprint density at radius 2 is 2.19 bits per heavy atom. The number of pyridine rings is 1. The van der Waals surface area contributed by atoms with Crippen LogP contribution in [0.1, 0.15) is 24.8 Å². The summed E-state index contributed by atoms with van der Waals surface area (Å²) < 4.78 is 0. The molecule has 0 aliphatic heterocycles. The van der Waals surface area contributed by atoms with Gasteiger partial charge in [0.1, 0.15) is 5.15 Å². The van der Waals surface area contributed by atoms with E-state index >= 15 is 0 Å². The van der Waals surface area contributed by atoms with Crippen LogP contribution in [-0.2, 0) is 0 Å². The number of halogens is 2. The molecule has 2 atom stereocenters. The highest BCUT2D eigenvalue weighted by molar-refractivity contribution is 6.34. The topological polar surface area (TPSA) is 50.9 Å². The van der Waals surface area contributed by atoms with Crippen molar-refractivity contribution in [2.75, 3.05) is 5.32 Å². The maximum atomic E-state index is 6.06. The van der Waals surface area contributed by atoms with E-state index in [0.29, 0.717) is 22.4 Å². The van der Waals surface area contributed by atoms with E-state index in [2.05, 4.69) is 10.3 Å². The quantitative estimate of drug-likeness (QED) is 0.804. The van der Waals surface area contributed by atoms with Gasteiger partial charge in [-0.3, -0.25) is 0 Å². The summed E-state index contributed by atoms with van der Waals surface area (Å²) in [6.07, 6.45) is 3.13. The van der Waals surface area contributed by atoms with Crippen molar-refractivity contribution in [2.45, 2.75) is 38.3 Å². The first-order valence-electron chi connectivity index (χ1n) is 5.41. The van der Waals surface area contributed by atoms with Crippen molar-refractivity contribution in [3.05, 3.63) is 21.9 Å². The minimum Gasteiger partial charge on any atom is -0.380 e. The summed E-state index contributed by atoms with van der Waals surface area (Å²) in [5, 5.41) is 4.26. The van der Waals surface area contributed by atoms with Crippen molar-refractivity contribution in [1.82, 2.24) is 4.98 Å². The van der Waals surface area contributed by atoms with Crippen LogP contribution in [0.3, 0.4) is 0 Å². The highest BCUT2D eigenvalue weighted by atomic mass is 35.5. The molecule has 2 rings (SSSR count). The molecule has 0 saturated heterocycles. The first-order valence-corrected chi connectivity index (χ1v) is 6.16. The molecule has 1 aromatic heterocycles. The van der Waals surface area contributed by atoms with Gasteiger partial charge in [-0.25, -0.2) is 4.98 Å². The number of rotatable bonds is 2. The van der Waals surface area contributed by atoms with E-state index in [9.17, 15) is 0 Å². The van der Waals surface area contributed by atoms with E-state index in [1.165, 1.54) is 0 Å². The number of aryl methyl sites for hydroxylation is 1. The van der Waals surface area contributed by atoms with Crippen LogP contribution in [0.5, 0.6) is 0 Å². The Kier molecular flexibility index (Phi) is 3.57. The number of nitrogens with zero attached hydrogens (tertiary/aromatic N) is 1. The van der Waals surface area contributed by atoms with Crippen LogP contribution in [0, 0.1) is 6.92 Å². The Hall–Kier alpha value is -0.510. The molecule has 0 radical (unpaired) electrons. The molecular formula is C11H15Cl2N3. The second-order valence-electron chi connectivity index (χ2n) is 4.34. The molecule has 3 N–H and O–H groups in total. The van der Waals surface area contributed by atoms with E-state index in [1.807, 2.05) is 13.0 Å². The van der Waals surface area contributed by atoms with Crippen LogP contribution in [0.2, 0.25) is 10.3 Å². The lowest BCUT2D eigenvalue weighted by Crippen LogP contribution is -2.21. The Balaban J connectivity index is 2.15. The third kappa shape index (κ3) is 2.59. The third-order valence-corrected chi connectivity index (χ3v) is 3.43. The van der Waals surface area contributed by atoms with E-state index in [-0.39, 0.29) is 0 Å². The highest BCUT2D eigenvalue weighted by Gasteiger charge is 2.22. The molecular weight excluding hydrogens is 245 g/mol. The Morgan fingerprint density at radius 3 is 2.75 bits per heavy atom.